The zero-order chi connectivity index (χ0) is 38.5. The second kappa shape index (κ2) is 18.7. The minimum Gasteiger partial charge on any atom is -0.497 e. The van der Waals surface area contributed by atoms with Crippen molar-refractivity contribution in [2.24, 2.45) is 0 Å². The van der Waals surface area contributed by atoms with Gasteiger partial charge in [-0.15, -0.1) is 0 Å². The Morgan fingerprint density at radius 2 is 1.44 bits per heavy atom. The molecule has 52 heavy (non-hydrogen) atoms. The lowest BCUT2D eigenvalue weighted by atomic mass is 10.00. The number of ether oxygens (including phenoxy) is 1. The van der Waals surface area contributed by atoms with E-state index in [1.54, 1.807) is 66.8 Å². The Kier molecular flexibility index (Phi) is 14.7. The number of carboxylic acid groups (broad SMARTS) is 1. The maximum Gasteiger partial charge on any atom is 0.324 e. The molecular weight excluding hydrogens is 705 g/mol. The number of rotatable bonds is 17. The number of anilines is 2. The lowest BCUT2D eigenvalue weighted by Gasteiger charge is -2.29. The first-order valence-electron chi connectivity index (χ1n) is 16.0. The number of allylic oxidation sites excluding steroid dienone is 5. The smallest absolute Gasteiger partial charge is 0.324 e. The second-order valence-electron chi connectivity index (χ2n) is 10.9. The van der Waals surface area contributed by atoms with Crippen molar-refractivity contribution in [3.8, 4) is 5.75 Å². The van der Waals surface area contributed by atoms with E-state index < -0.39 is 39.1 Å². The van der Waals surface area contributed by atoms with Crippen LogP contribution in [0.3, 0.4) is 0 Å². The normalized spacial score (nSPS) is 11.7. The summed E-state index contributed by atoms with van der Waals surface area (Å²) in [5, 5.41) is 17.5. The number of carboxylic acids is 1. The molecule has 4 rings (SSSR count). The monoisotopic (exact) mass is 746 g/mol. The lowest BCUT2D eigenvalue weighted by Crippen LogP contribution is -2.36. The van der Waals surface area contributed by atoms with E-state index in [4.69, 9.17) is 9.84 Å². The molecule has 0 aliphatic heterocycles. The molecule has 0 aliphatic carbocycles. The highest BCUT2D eigenvalue weighted by Crippen LogP contribution is 2.42. The number of carbonyl (C=O) groups excluding carboxylic acids is 1. The van der Waals surface area contributed by atoms with Gasteiger partial charge >= 0.3 is 5.97 Å². The van der Waals surface area contributed by atoms with Gasteiger partial charge in [-0.05, 0) is 66.4 Å². The van der Waals surface area contributed by atoms with Gasteiger partial charge in [0.2, 0.25) is 0 Å². The van der Waals surface area contributed by atoms with Crippen molar-refractivity contribution in [2.75, 3.05) is 35.9 Å². The SMILES string of the molecule is C=C/C=C(\C=C)C/C=C/c1cc(N(CC(=O)O)S(=O)(=O)c2ccc(OC)cc2)c2ccccc2c1N(CC=O)S(=O)(=O)c1ccc(CC)cc1.CO. The minimum absolute atomic E-state index is 0.0106. The van der Waals surface area contributed by atoms with Crippen LogP contribution < -0.4 is 13.3 Å². The Morgan fingerprint density at radius 1 is 0.865 bits per heavy atom. The average molecular weight is 747 g/mol. The molecule has 0 heterocycles. The molecule has 0 amide bonds. The van der Waals surface area contributed by atoms with E-state index in [0.717, 1.165) is 26.9 Å². The molecule has 0 atom stereocenters. The summed E-state index contributed by atoms with van der Waals surface area (Å²) >= 11 is 0. The number of aryl methyl sites for hydroxylation is 1. The maximum atomic E-state index is 14.3. The van der Waals surface area contributed by atoms with Crippen molar-refractivity contribution in [3.05, 3.63) is 133 Å². The molecule has 0 unspecified atom stereocenters. The van der Waals surface area contributed by atoms with Gasteiger partial charge < -0.3 is 19.7 Å². The zero-order valence-corrected chi connectivity index (χ0v) is 30.8. The number of carbonyl (C=O) groups is 2. The van der Waals surface area contributed by atoms with E-state index in [-0.39, 0.29) is 37.5 Å². The molecule has 0 saturated carbocycles. The summed E-state index contributed by atoms with van der Waals surface area (Å²) in [6, 6.07) is 19.7. The van der Waals surface area contributed by atoms with Crippen molar-refractivity contribution in [1.82, 2.24) is 0 Å². The van der Waals surface area contributed by atoms with Crippen LogP contribution in [0, 0.1) is 0 Å². The number of aliphatic carboxylic acids is 1. The molecule has 0 bridgehead atoms. The van der Waals surface area contributed by atoms with E-state index in [9.17, 15) is 31.5 Å². The number of aliphatic hydroxyl groups is 1. The van der Waals surface area contributed by atoms with Crippen molar-refractivity contribution >= 4 is 60.5 Å². The van der Waals surface area contributed by atoms with Crippen LogP contribution in [-0.4, -0.2) is 66.6 Å². The summed E-state index contributed by atoms with van der Waals surface area (Å²) in [6.07, 6.45) is 9.84. The summed E-state index contributed by atoms with van der Waals surface area (Å²) in [4.78, 5) is 24.1. The summed E-state index contributed by atoms with van der Waals surface area (Å²) in [7, 11) is -6.42. The Labute approximate surface area is 305 Å². The third-order valence-electron chi connectivity index (χ3n) is 7.87. The molecule has 0 aliphatic rings. The summed E-state index contributed by atoms with van der Waals surface area (Å²) in [5.74, 6) is -1.01. The minimum atomic E-state index is -4.50. The largest absolute Gasteiger partial charge is 0.497 e. The Hall–Kier alpha value is -5.50. The number of aliphatic hydroxyl groups excluding tert-OH is 1. The topological polar surface area (TPSA) is 159 Å². The fraction of sp³-hybridized carbons (Fsp3) is 0.179. The molecular formula is C39H42N2O9S2. The van der Waals surface area contributed by atoms with Crippen LogP contribution in [0.2, 0.25) is 0 Å². The van der Waals surface area contributed by atoms with Gasteiger partial charge in [0.25, 0.3) is 20.0 Å². The van der Waals surface area contributed by atoms with E-state index in [0.29, 0.717) is 24.9 Å². The van der Waals surface area contributed by atoms with Gasteiger partial charge in [-0.2, -0.15) is 0 Å². The Bertz CT molecular complexity index is 2180. The fourth-order valence-corrected chi connectivity index (χ4v) is 8.23. The van der Waals surface area contributed by atoms with Gasteiger partial charge in [0.15, 0.2) is 0 Å². The first kappa shape index (κ1) is 40.9. The third-order valence-corrected chi connectivity index (χ3v) is 11.4. The van der Waals surface area contributed by atoms with Crippen LogP contribution in [0.25, 0.3) is 16.8 Å². The molecule has 274 valence electrons. The predicted octanol–water partition coefficient (Wildman–Crippen LogP) is 6.40. The fourth-order valence-electron chi connectivity index (χ4n) is 5.37. The van der Waals surface area contributed by atoms with E-state index in [1.165, 1.54) is 49.6 Å². The van der Waals surface area contributed by atoms with E-state index in [2.05, 4.69) is 13.2 Å². The first-order chi connectivity index (χ1) is 24.9. The summed E-state index contributed by atoms with van der Waals surface area (Å²) in [5.41, 5.74) is 2.03. The first-order valence-corrected chi connectivity index (χ1v) is 18.9. The van der Waals surface area contributed by atoms with Gasteiger partial charge in [0.1, 0.15) is 18.6 Å². The van der Waals surface area contributed by atoms with Crippen LogP contribution in [0.1, 0.15) is 24.5 Å². The predicted molar refractivity (Wildman–Crippen MR) is 206 cm³/mol. The highest BCUT2D eigenvalue weighted by Gasteiger charge is 2.33. The Morgan fingerprint density at radius 3 is 1.96 bits per heavy atom. The molecule has 0 aromatic heterocycles. The van der Waals surface area contributed by atoms with Gasteiger partial charge in [-0.25, -0.2) is 16.8 Å². The van der Waals surface area contributed by atoms with Crippen molar-refractivity contribution in [2.45, 2.75) is 29.6 Å². The Balaban J connectivity index is 0.00000358. The standard InChI is InChI=1S/C38H38N2O8S2.CH4O/c1-5-11-28(6-2)12-10-13-30-26-36(40(27-37(42)43)50(46,47)33-22-18-31(48-4)19-23-33)34-14-8-9-15-35(34)38(30)39(24-25-41)49(44,45)32-20-16-29(7-3)17-21-32;1-2/h5-6,8-11,13-23,25-26H,1-2,7,12,24,27H2,3-4H3,(H,42,43);2H,1H3/b13-10+,28-11+;. The third kappa shape index (κ3) is 9.23. The number of methoxy groups -OCH3 is 1. The van der Waals surface area contributed by atoms with Crippen LogP contribution in [0.4, 0.5) is 11.4 Å². The molecule has 2 N–H and O–H groups in total. The van der Waals surface area contributed by atoms with Crippen molar-refractivity contribution in [3.63, 3.8) is 0 Å². The van der Waals surface area contributed by atoms with Crippen LogP contribution in [0.5, 0.6) is 5.75 Å². The highest BCUT2D eigenvalue weighted by atomic mass is 32.2. The van der Waals surface area contributed by atoms with Gasteiger partial charge in [0.05, 0.1) is 34.8 Å². The van der Waals surface area contributed by atoms with Gasteiger partial charge in [-0.1, -0.05) is 86.9 Å². The van der Waals surface area contributed by atoms with Crippen LogP contribution in [-0.2, 0) is 36.1 Å². The molecule has 0 fully saturated rings. The van der Waals surface area contributed by atoms with E-state index >= 15 is 0 Å². The number of sulfonamides is 2. The second-order valence-corrected chi connectivity index (χ2v) is 14.7. The molecule has 4 aromatic rings. The molecule has 0 radical (unpaired) electrons. The average Bonchev–Trinajstić information content (AvgIpc) is 3.16. The van der Waals surface area contributed by atoms with E-state index in [1.807, 2.05) is 6.92 Å². The maximum absolute atomic E-state index is 14.3. The van der Waals surface area contributed by atoms with Crippen molar-refractivity contribution < 1.29 is 41.4 Å². The number of nitrogens with zero attached hydrogens (tertiary/aromatic N) is 2. The highest BCUT2D eigenvalue weighted by molar-refractivity contribution is 7.93. The summed E-state index contributed by atoms with van der Waals surface area (Å²) < 4.78 is 63.9. The number of aldehydes is 1. The number of fused-ring (bicyclic) bond motifs is 1. The molecule has 13 heteroatoms. The quantitative estimate of drug-likeness (QED) is 0.0922. The molecule has 4 aromatic carbocycles. The van der Waals surface area contributed by atoms with Crippen LogP contribution in [0.15, 0.2) is 132 Å². The molecule has 11 nitrogen and oxygen atoms in total. The summed E-state index contributed by atoms with van der Waals surface area (Å²) in [6.45, 7) is 7.97. The van der Waals surface area contributed by atoms with Crippen molar-refractivity contribution in [1.29, 1.82) is 0 Å². The molecule has 0 spiro atoms. The lowest BCUT2D eigenvalue weighted by molar-refractivity contribution is -0.135. The van der Waals surface area contributed by atoms with Gasteiger partial charge in [-0.3, -0.25) is 13.4 Å². The number of benzene rings is 4. The zero-order valence-electron chi connectivity index (χ0n) is 29.2. The molecule has 0 saturated heterocycles. The van der Waals surface area contributed by atoms with Crippen LogP contribution >= 0.6 is 0 Å². The van der Waals surface area contributed by atoms with Gasteiger partial charge in [0, 0.05) is 23.4 Å². The number of hydrogen-bond donors (Lipinski definition) is 2. The number of hydrogen-bond acceptors (Lipinski definition) is 8.